The summed E-state index contributed by atoms with van der Waals surface area (Å²) in [5.41, 5.74) is 5.57. The molecule has 6 aromatic carbocycles. The number of nitrogens with zero attached hydrogens (tertiary/aromatic N) is 1. The van der Waals surface area contributed by atoms with Crippen LogP contribution >= 0.6 is 11.3 Å². The van der Waals surface area contributed by atoms with Gasteiger partial charge in [-0.05, 0) is 41.8 Å². The van der Waals surface area contributed by atoms with Crippen LogP contribution in [-0.4, -0.2) is 4.57 Å². The van der Waals surface area contributed by atoms with Gasteiger partial charge in [0.1, 0.15) is 11.2 Å². The fourth-order valence-corrected chi connectivity index (χ4v) is 7.45. The Balaban J connectivity index is 1.52. The van der Waals surface area contributed by atoms with Gasteiger partial charge >= 0.3 is 0 Å². The van der Waals surface area contributed by atoms with Gasteiger partial charge in [0.2, 0.25) is 0 Å². The average Bonchev–Trinajstić information content (AvgIpc) is 3.62. The third-order valence-corrected chi connectivity index (χ3v) is 9.00. The second-order valence-electron chi connectivity index (χ2n) is 9.70. The first-order valence-electron chi connectivity index (χ1n) is 12.5. The third kappa shape index (κ3) is 2.49. The molecule has 0 bridgehead atoms. The summed E-state index contributed by atoms with van der Waals surface area (Å²) in [6.07, 6.45) is 0. The van der Waals surface area contributed by atoms with Gasteiger partial charge in [-0.25, -0.2) is 0 Å². The Kier molecular flexibility index (Phi) is 3.70. The maximum absolute atomic E-state index is 6.23. The number of hydrogen-bond donors (Lipinski definition) is 0. The van der Waals surface area contributed by atoms with E-state index >= 15 is 0 Å². The van der Waals surface area contributed by atoms with Crippen molar-refractivity contribution in [2.45, 2.75) is 0 Å². The summed E-state index contributed by atoms with van der Waals surface area (Å²) in [6.45, 7) is 0. The monoisotopic (exact) mass is 489 g/mol. The molecule has 0 fully saturated rings. The van der Waals surface area contributed by atoms with Crippen LogP contribution in [0.4, 0.5) is 0 Å². The van der Waals surface area contributed by atoms with Crippen molar-refractivity contribution < 1.29 is 4.42 Å². The van der Waals surface area contributed by atoms with E-state index in [-0.39, 0.29) is 0 Å². The Morgan fingerprint density at radius 2 is 1.19 bits per heavy atom. The van der Waals surface area contributed by atoms with E-state index in [4.69, 9.17) is 4.42 Å². The predicted octanol–water partition coefficient (Wildman–Crippen LogP) is 10.2. The maximum atomic E-state index is 6.23. The summed E-state index contributed by atoms with van der Waals surface area (Å²) < 4.78 is 11.4. The first kappa shape index (κ1) is 19.6. The van der Waals surface area contributed by atoms with E-state index < -0.39 is 0 Å². The van der Waals surface area contributed by atoms with Gasteiger partial charge in [0, 0.05) is 42.4 Å². The van der Waals surface area contributed by atoms with Crippen molar-refractivity contribution in [3.05, 3.63) is 115 Å². The standard InChI is InChI=1S/C34H19NOS/c1-4-12-27-20(8-1)23-17-16-22-24(18-19-30-32(22)26-10-2-5-14-29(26)36-30)33(23)35(27)28-13-7-11-25-21-9-3-6-15-31(21)37-34(25)28/h1-19H. The van der Waals surface area contributed by atoms with E-state index in [1.54, 1.807) is 0 Å². The fourth-order valence-electron chi connectivity index (χ4n) is 6.25. The summed E-state index contributed by atoms with van der Waals surface area (Å²) in [5, 5.41) is 9.99. The highest BCUT2D eigenvalue weighted by Gasteiger charge is 2.19. The fraction of sp³-hybridized carbons (Fsp3) is 0. The number of furan rings is 1. The van der Waals surface area contributed by atoms with Crippen molar-refractivity contribution in [1.29, 1.82) is 0 Å². The molecule has 0 saturated carbocycles. The minimum atomic E-state index is 0.931. The lowest BCUT2D eigenvalue weighted by Crippen LogP contribution is -1.94. The first-order chi connectivity index (χ1) is 18.4. The van der Waals surface area contributed by atoms with Crippen molar-refractivity contribution >= 4 is 86.0 Å². The Bertz CT molecular complexity index is 2370. The Morgan fingerprint density at radius 3 is 2.14 bits per heavy atom. The van der Waals surface area contributed by atoms with Gasteiger partial charge in [-0.3, -0.25) is 0 Å². The zero-order chi connectivity index (χ0) is 24.1. The zero-order valence-electron chi connectivity index (χ0n) is 19.7. The Labute approximate surface area is 215 Å². The summed E-state index contributed by atoms with van der Waals surface area (Å²) in [5.74, 6) is 0. The van der Waals surface area contributed by atoms with Crippen LogP contribution in [-0.2, 0) is 0 Å². The Morgan fingerprint density at radius 1 is 0.486 bits per heavy atom. The molecule has 0 spiro atoms. The van der Waals surface area contributed by atoms with Crippen LogP contribution < -0.4 is 0 Å². The van der Waals surface area contributed by atoms with Crippen molar-refractivity contribution in [2.24, 2.45) is 0 Å². The van der Waals surface area contributed by atoms with Crippen LogP contribution in [0.2, 0.25) is 0 Å². The lowest BCUT2D eigenvalue weighted by molar-refractivity contribution is 0.669. The van der Waals surface area contributed by atoms with Crippen LogP contribution in [0.3, 0.4) is 0 Å². The van der Waals surface area contributed by atoms with Gasteiger partial charge in [0.15, 0.2) is 0 Å². The van der Waals surface area contributed by atoms with Crippen molar-refractivity contribution in [2.75, 3.05) is 0 Å². The summed E-state index contributed by atoms with van der Waals surface area (Å²) in [4.78, 5) is 0. The van der Waals surface area contributed by atoms with Gasteiger partial charge in [-0.2, -0.15) is 0 Å². The van der Waals surface area contributed by atoms with Gasteiger partial charge in [0.25, 0.3) is 0 Å². The number of para-hydroxylation sites is 2. The second kappa shape index (κ2) is 7.00. The van der Waals surface area contributed by atoms with Crippen LogP contribution in [0.15, 0.2) is 120 Å². The molecule has 3 heteroatoms. The first-order valence-corrected chi connectivity index (χ1v) is 13.4. The highest BCUT2D eigenvalue weighted by molar-refractivity contribution is 7.26. The molecular weight excluding hydrogens is 470 g/mol. The molecule has 0 aliphatic carbocycles. The van der Waals surface area contributed by atoms with E-state index in [2.05, 4.69) is 114 Å². The molecule has 2 nitrogen and oxygen atoms in total. The van der Waals surface area contributed by atoms with Gasteiger partial charge < -0.3 is 8.98 Å². The van der Waals surface area contributed by atoms with Crippen molar-refractivity contribution in [3.63, 3.8) is 0 Å². The van der Waals surface area contributed by atoms with Crippen molar-refractivity contribution in [3.8, 4) is 5.69 Å². The topological polar surface area (TPSA) is 18.1 Å². The van der Waals surface area contributed by atoms with Crippen LogP contribution in [0.5, 0.6) is 0 Å². The molecule has 0 unspecified atom stereocenters. The van der Waals surface area contributed by atoms with Gasteiger partial charge in [-0.1, -0.05) is 78.9 Å². The van der Waals surface area contributed by atoms with Crippen LogP contribution in [0.25, 0.3) is 80.4 Å². The molecule has 0 amide bonds. The van der Waals surface area contributed by atoms with E-state index in [0.29, 0.717) is 0 Å². The SMILES string of the molecule is c1ccc2c(c1)oc1ccc3c(ccc4c5ccccc5n(-c5cccc6c5sc5ccccc56)c34)c12. The molecule has 3 heterocycles. The van der Waals surface area contributed by atoms with E-state index in [1.807, 2.05) is 17.4 Å². The van der Waals surface area contributed by atoms with Gasteiger partial charge in [-0.15, -0.1) is 11.3 Å². The lowest BCUT2D eigenvalue weighted by Gasteiger charge is -2.11. The largest absolute Gasteiger partial charge is 0.456 e. The minimum absolute atomic E-state index is 0.931. The van der Waals surface area contributed by atoms with E-state index in [9.17, 15) is 0 Å². The molecule has 0 N–H and O–H groups in total. The molecule has 172 valence electrons. The number of benzene rings is 6. The van der Waals surface area contributed by atoms with Crippen molar-refractivity contribution in [1.82, 2.24) is 4.57 Å². The molecule has 0 aliphatic heterocycles. The minimum Gasteiger partial charge on any atom is -0.456 e. The second-order valence-corrected chi connectivity index (χ2v) is 10.8. The van der Waals surface area contributed by atoms with E-state index in [1.165, 1.54) is 63.8 Å². The summed E-state index contributed by atoms with van der Waals surface area (Å²) >= 11 is 1.88. The maximum Gasteiger partial charge on any atom is 0.136 e. The number of aromatic nitrogens is 1. The molecule has 0 saturated heterocycles. The molecule has 3 aromatic heterocycles. The van der Waals surface area contributed by atoms with Crippen LogP contribution in [0.1, 0.15) is 0 Å². The molecule has 0 radical (unpaired) electrons. The normalized spacial score (nSPS) is 12.3. The Hall–Kier alpha value is -4.60. The molecule has 37 heavy (non-hydrogen) atoms. The number of thiophene rings is 1. The molecule has 0 aliphatic rings. The zero-order valence-corrected chi connectivity index (χ0v) is 20.5. The van der Waals surface area contributed by atoms with Gasteiger partial charge in [0.05, 0.1) is 21.4 Å². The quantitative estimate of drug-likeness (QED) is 0.224. The smallest absolute Gasteiger partial charge is 0.136 e. The number of rotatable bonds is 1. The molecular formula is C34H19NOS. The summed E-state index contributed by atoms with van der Waals surface area (Å²) in [7, 11) is 0. The van der Waals surface area contributed by atoms with E-state index in [0.717, 1.165) is 16.6 Å². The molecule has 9 aromatic rings. The molecule has 9 rings (SSSR count). The highest BCUT2D eigenvalue weighted by atomic mass is 32.1. The number of fused-ring (bicyclic) bond motifs is 12. The van der Waals surface area contributed by atoms with Crippen LogP contribution in [0, 0.1) is 0 Å². The molecule has 0 atom stereocenters. The highest BCUT2D eigenvalue weighted by Crippen LogP contribution is 2.44. The average molecular weight is 490 g/mol. The third-order valence-electron chi connectivity index (χ3n) is 7.79. The predicted molar refractivity (Wildman–Crippen MR) is 158 cm³/mol. The lowest BCUT2D eigenvalue weighted by atomic mass is 10.0. The summed E-state index contributed by atoms with van der Waals surface area (Å²) in [6, 6.07) is 41.5. The number of hydrogen-bond acceptors (Lipinski definition) is 2.